The van der Waals surface area contributed by atoms with Gasteiger partial charge < -0.3 is 9.64 Å². The number of pyridine rings is 1. The summed E-state index contributed by atoms with van der Waals surface area (Å²) >= 11 is 5.78. The SMILES string of the molecule is CC(C)(C)OC(=O)N1CCC(=C(C#N)c2ccc(Cl)nc2)CC1. The van der Waals surface area contributed by atoms with Gasteiger partial charge in [-0.3, -0.25) is 0 Å². The zero-order chi connectivity index (χ0) is 17.0. The first-order valence-corrected chi connectivity index (χ1v) is 7.90. The number of carbonyl (C=O) groups is 1. The Morgan fingerprint density at radius 1 is 1.35 bits per heavy atom. The van der Waals surface area contributed by atoms with Gasteiger partial charge in [-0.15, -0.1) is 0 Å². The molecule has 0 radical (unpaired) electrons. The summed E-state index contributed by atoms with van der Waals surface area (Å²) in [5.74, 6) is 0. The number of allylic oxidation sites excluding steroid dienone is 1. The summed E-state index contributed by atoms with van der Waals surface area (Å²) in [7, 11) is 0. The highest BCUT2D eigenvalue weighted by molar-refractivity contribution is 6.29. The number of piperidine rings is 1. The van der Waals surface area contributed by atoms with E-state index in [-0.39, 0.29) is 6.09 Å². The van der Waals surface area contributed by atoms with Gasteiger partial charge in [0, 0.05) is 24.8 Å². The predicted molar refractivity (Wildman–Crippen MR) is 88.8 cm³/mol. The Bertz CT molecular complexity index is 644. The maximum absolute atomic E-state index is 12.1. The van der Waals surface area contributed by atoms with Crippen molar-refractivity contribution in [1.29, 1.82) is 5.26 Å². The van der Waals surface area contributed by atoms with Gasteiger partial charge in [-0.05, 0) is 51.3 Å². The molecule has 1 fully saturated rings. The van der Waals surface area contributed by atoms with Crippen molar-refractivity contribution in [3.8, 4) is 6.07 Å². The number of halogens is 1. The van der Waals surface area contributed by atoms with Crippen LogP contribution in [0.3, 0.4) is 0 Å². The second-order valence-corrected chi connectivity index (χ2v) is 6.81. The van der Waals surface area contributed by atoms with Gasteiger partial charge >= 0.3 is 6.09 Å². The van der Waals surface area contributed by atoms with Crippen LogP contribution >= 0.6 is 11.6 Å². The van der Waals surface area contributed by atoms with E-state index < -0.39 is 5.60 Å². The lowest BCUT2D eigenvalue weighted by molar-refractivity contribution is 0.0236. The molecule has 122 valence electrons. The molecular formula is C17H20ClN3O2. The topological polar surface area (TPSA) is 66.2 Å². The van der Waals surface area contributed by atoms with Gasteiger partial charge in [-0.2, -0.15) is 5.26 Å². The van der Waals surface area contributed by atoms with Gasteiger partial charge in [0.1, 0.15) is 10.8 Å². The van der Waals surface area contributed by atoms with Gasteiger partial charge in [0.05, 0.1) is 11.6 Å². The molecule has 0 atom stereocenters. The van der Waals surface area contributed by atoms with E-state index in [0.29, 0.717) is 36.7 Å². The van der Waals surface area contributed by atoms with E-state index in [4.69, 9.17) is 16.3 Å². The van der Waals surface area contributed by atoms with Gasteiger partial charge in [0.2, 0.25) is 0 Å². The number of carbonyl (C=O) groups excluding carboxylic acids is 1. The van der Waals surface area contributed by atoms with Gasteiger partial charge in [0.15, 0.2) is 0 Å². The summed E-state index contributed by atoms with van der Waals surface area (Å²) in [6.45, 7) is 6.65. The van der Waals surface area contributed by atoms with Crippen molar-refractivity contribution in [2.45, 2.75) is 39.2 Å². The number of rotatable bonds is 1. The molecule has 6 heteroatoms. The fraction of sp³-hybridized carbons (Fsp3) is 0.471. The Hall–Kier alpha value is -2.06. The van der Waals surface area contributed by atoms with Crippen molar-refractivity contribution in [1.82, 2.24) is 9.88 Å². The second-order valence-electron chi connectivity index (χ2n) is 6.43. The first-order chi connectivity index (χ1) is 10.8. The van der Waals surface area contributed by atoms with E-state index in [2.05, 4.69) is 11.1 Å². The molecule has 0 unspecified atom stereocenters. The molecule has 1 aliphatic heterocycles. The van der Waals surface area contributed by atoms with Crippen LogP contribution in [0.4, 0.5) is 4.79 Å². The fourth-order valence-corrected chi connectivity index (χ4v) is 2.52. The molecular weight excluding hydrogens is 314 g/mol. The van der Waals surface area contributed by atoms with E-state index in [1.165, 1.54) is 0 Å². The third-order valence-corrected chi connectivity index (χ3v) is 3.72. The van der Waals surface area contributed by atoms with Gasteiger partial charge in [-0.1, -0.05) is 11.6 Å². The van der Waals surface area contributed by atoms with Crippen molar-refractivity contribution in [3.05, 3.63) is 34.6 Å². The summed E-state index contributed by atoms with van der Waals surface area (Å²) in [6, 6.07) is 5.72. The van der Waals surface area contributed by atoms with Crippen LogP contribution in [-0.4, -0.2) is 34.7 Å². The average Bonchev–Trinajstić information content (AvgIpc) is 2.49. The maximum Gasteiger partial charge on any atom is 0.410 e. The molecule has 5 nitrogen and oxygen atoms in total. The number of ether oxygens (including phenoxy) is 1. The lowest BCUT2D eigenvalue weighted by atomic mass is 9.95. The first kappa shape index (κ1) is 17.3. The highest BCUT2D eigenvalue weighted by atomic mass is 35.5. The van der Waals surface area contributed by atoms with Crippen LogP contribution in [0.15, 0.2) is 23.9 Å². The van der Waals surface area contributed by atoms with Crippen LogP contribution in [0.1, 0.15) is 39.2 Å². The standard InChI is InChI=1S/C17H20ClN3O2/c1-17(2,3)23-16(22)21-8-6-12(7-9-21)14(10-19)13-4-5-15(18)20-11-13/h4-5,11H,6-9H2,1-3H3. The number of aromatic nitrogens is 1. The first-order valence-electron chi connectivity index (χ1n) is 7.52. The molecule has 1 amide bonds. The van der Waals surface area contributed by atoms with Crippen LogP contribution in [0.25, 0.3) is 5.57 Å². The smallest absolute Gasteiger partial charge is 0.410 e. The molecule has 0 bridgehead atoms. The molecule has 1 aromatic heterocycles. The summed E-state index contributed by atoms with van der Waals surface area (Å²) in [5, 5.41) is 9.85. The third-order valence-electron chi connectivity index (χ3n) is 3.50. The number of amides is 1. The highest BCUT2D eigenvalue weighted by Crippen LogP contribution is 2.27. The van der Waals surface area contributed by atoms with Crippen LogP contribution in [-0.2, 0) is 4.74 Å². The summed E-state index contributed by atoms with van der Waals surface area (Å²) in [6.07, 6.45) is 2.62. The number of hydrogen-bond donors (Lipinski definition) is 0. The molecule has 1 saturated heterocycles. The zero-order valence-corrected chi connectivity index (χ0v) is 14.4. The largest absolute Gasteiger partial charge is 0.444 e. The molecule has 23 heavy (non-hydrogen) atoms. The number of nitriles is 1. The Kier molecular flexibility index (Phi) is 5.27. The molecule has 2 rings (SSSR count). The van der Waals surface area contributed by atoms with E-state index >= 15 is 0 Å². The highest BCUT2D eigenvalue weighted by Gasteiger charge is 2.26. The lowest BCUT2D eigenvalue weighted by Gasteiger charge is -2.31. The summed E-state index contributed by atoms with van der Waals surface area (Å²) in [5.41, 5.74) is 1.92. The lowest BCUT2D eigenvalue weighted by Crippen LogP contribution is -2.40. The minimum absolute atomic E-state index is 0.303. The van der Waals surface area contributed by atoms with Crippen molar-refractivity contribution < 1.29 is 9.53 Å². The van der Waals surface area contributed by atoms with Crippen molar-refractivity contribution in [2.75, 3.05) is 13.1 Å². The van der Waals surface area contributed by atoms with Crippen LogP contribution in [0.2, 0.25) is 5.15 Å². The molecule has 1 aliphatic rings. The zero-order valence-electron chi connectivity index (χ0n) is 13.6. The van der Waals surface area contributed by atoms with E-state index in [9.17, 15) is 10.1 Å². The van der Waals surface area contributed by atoms with E-state index in [0.717, 1.165) is 11.1 Å². The average molecular weight is 334 g/mol. The van der Waals surface area contributed by atoms with Crippen molar-refractivity contribution in [2.24, 2.45) is 0 Å². The fourth-order valence-electron chi connectivity index (χ4n) is 2.41. The molecule has 0 aromatic carbocycles. The molecule has 0 aliphatic carbocycles. The Morgan fingerprint density at radius 2 is 2.00 bits per heavy atom. The Labute approximate surface area is 141 Å². The molecule has 0 N–H and O–H groups in total. The van der Waals surface area contributed by atoms with Crippen LogP contribution < -0.4 is 0 Å². The molecule has 0 saturated carbocycles. The number of hydrogen-bond acceptors (Lipinski definition) is 4. The molecule has 1 aromatic rings. The van der Waals surface area contributed by atoms with Crippen molar-refractivity contribution in [3.63, 3.8) is 0 Å². The van der Waals surface area contributed by atoms with Crippen molar-refractivity contribution >= 4 is 23.3 Å². The Morgan fingerprint density at radius 3 is 2.48 bits per heavy atom. The normalized spacial score (nSPS) is 15.1. The minimum atomic E-state index is -0.500. The van der Waals surface area contributed by atoms with E-state index in [1.807, 2.05) is 20.8 Å². The van der Waals surface area contributed by atoms with E-state index in [1.54, 1.807) is 23.2 Å². The number of likely N-dealkylation sites (tertiary alicyclic amines) is 1. The second kappa shape index (κ2) is 7.01. The monoisotopic (exact) mass is 333 g/mol. The minimum Gasteiger partial charge on any atom is -0.444 e. The van der Waals surface area contributed by atoms with Gasteiger partial charge in [0.25, 0.3) is 0 Å². The Balaban J connectivity index is 2.08. The number of nitrogens with zero attached hydrogens (tertiary/aromatic N) is 3. The van der Waals surface area contributed by atoms with Crippen LogP contribution in [0, 0.1) is 11.3 Å². The summed E-state index contributed by atoms with van der Waals surface area (Å²) in [4.78, 5) is 17.8. The molecule has 0 spiro atoms. The quantitative estimate of drug-likeness (QED) is 0.574. The molecule has 2 heterocycles. The summed E-state index contributed by atoms with van der Waals surface area (Å²) < 4.78 is 5.38. The van der Waals surface area contributed by atoms with Crippen LogP contribution in [0.5, 0.6) is 0 Å². The van der Waals surface area contributed by atoms with Gasteiger partial charge in [-0.25, -0.2) is 9.78 Å². The predicted octanol–water partition coefficient (Wildman–Crippen LogP) is 4.04. The maximum atomic E-state index is 12.1. The third kappa shape index (κ3) is 4.70.